The van der Waals surface area contributed by atoms with E-state index in [0.29, 0.717) is 18.9 Å². The maximum atomic E-state index is 12.0. The molecule has 2 aliphatic rings. The minimum absolute atomic E-state index is 0.0629. The summed E-state index contributed by atoms with van der Waals surface area (Å²) in [5, 5.41) is 3.42. The summed E-state index contributed by atoms with van der Waals surface area (Å²) in [7, 11) is -6.26. The van der Waals surface area contributed by atoms with Crippen molar-refractivity contribution in [1.29, 1.82) is 0 Å². The first-order chi connectivity index (χ1) is 12.8. The fourth-order valence-electron chi connectivity index (χ4n) is 3.76. The van der Waals surface area contributed by atoms with Crippen molar-refractivity contribution in [3.05, 3.63) is 24.3 Å². The number of anilines is 2. The molecule has 0 radical (unpaired) electrons. The zero-order valence-electron chi connectivity index (χ0n) is 15.7. The lowest BCUT2D eigenvalue weighted by atomic mass is 9.86. The number of benzene rings is 1. The normalized spacial score (nSPS) is 25.4. The van der Waals surface area contributed by atoms with E-state index in [0.717, 1.165) is 43.6 Å². The van der Waals surface area contributed by atoms with Crippen molar-refractivity contribution in [2.75, 3.05) is 34.2 Å². The lowest BCUT2D eigenvalue weighted by molar-refractivity contribution is 0.324. The van der Waals surface area contributed by atoms with Crippen molar-refractivity contribution in [3.63, 3.8) is 0 Å². The van der Waals surface area contributed by atoms with Gasteiger partial charge in [-0.1, -0.05) is 0 Å². The number of nitrogens with zero attached hydrogens (tertiary/aromatic N) is 1. The van der Waals surface area contributed by atoms with E-state index in [2.05, 4.69) is 10.0 Å². The minimum Gasteiger partial charge on any atom is -0.385 e. The predicted octanol–water partition coefficient (Wildman–Crippen LogP) is 2.14. The summed E-state index contributed by atoms with van der Waals surface area (Å²) in [4.78, 5) is 0. The summed E-state index contributed by atoms with van der Waals surface area (Å²) >= 11 is 0. The molecule has 1 aromatic rings. The molecule has 0 bridgehead atoms. The van der Waals surface area contributed by atoms with E-state index in [4.69, 9.17) is 0 Å². The SMILES string of the molecule is CCS(=O)(=O)N[C@H]1CC[C@H](CNc2ccc(N3CCCS3(=O)=O)cc2)CC1. The molecule has 1 aliphatic heterocycles. The van der Waals surface area contributed by atoms with Crippen LogP contribution in [0.2, 0.25) is 0 Å². The Morgan fingerprint density at radius 3 is 2.33 bits per heavy atom. The highest BCUT2D eigenvalue weighted by atomic mass is 32.2. The Balaban J connectivity index is 1.46. The van der Waals surface area contributed by atoms with Crippen LogP contribution < -0.4 is 14.3 Å². The molecular formula is C18H29N3O4S2. The van der Waals surface area contributed by atoms with Gasteiger partial charge in [-0.2, -0.15) is 0 Å². The molecular weight excluding hydrogens is 386 g/mol. The quantitative estimate of drug-likeness (QED) is 0.711. The van der Waals surface area contributed by atoms with Gasteiger partial charge in [-0.25, -0.2) is 21.6 Å². The first-order valence-corrected chi connectivity index (χ1v) is 12.9. The van der Waals surface area contributed by atoms with Crippen LogP contribution in [0.4, 0.5) is 11.4 Å². The molecule has 1 aromatic carbocycles. The fraction of sp³-hybridized carbons (Fsp3) is 0.667. The molecule has 0 aromatic heterocycles. The number of hydrogen-bond donors (Lipinski definition) is 2. The first kappa shape index (κ1) is 20.4. The van der Waals surface area contributed by atoms with Crippen LogP contribution in [0.25, 0.3) is 0 Å². The molecule has 1 heterocycles. The molecule has 3 rings (SSSR count). The minimum atomic E-state index is -3.14. The van der Waals surface area contributed by atoms with Gasteiger partial charge in [0, 0.05) is 24.8 Å². The maximum Gasteiger partial charge on any atom is 0.235 e. The number of nitrogens with one attached hydrogen (secondary N) is 2. The average Bonchev–Trinajstić information content (AvgIpc) is 3.00. The molecule has 27 heavy (non-hydrogen) atoms. The summed E-state index contributed by atoms with van der Waals surface area (Å²) in [6.45, 7) is 3.05. The van der Waals surface area contributed by atoms with Gasteiger partial charge in [-0.3, -0.25) is 4.31 Å². The molecule has 2 fully saturated rings. The van der Waals surface area contributed by atoms with Crippen LogP contribution in [0, 0.1) is 5.92 Å². The van der Waals surface area contributed by atoms with Gasteiger partial charge >= 0.3 is 0 Å². The summed E-state index contributed by atoms with van der Waals surface area (Å²) < 4.78 is 51.5. The Kier molecular flexibility index (Phi) is 6.32. The molecule has 7 nitrogen and oxygen atoms in total. The molecule has 152 valence electrons. The summed E-state index contributed by atoms with van der Waals surface area (Å²) in [5.74, 6) is 0.874. The Bertz CT molecular complexity index is 830. The average molecular weight is 416 g/mol. The predicted molar refractivity (Wildman–Crippen MR) is 109 cm³/mol. The van der Waals surface area contributed by atoms with E-state index in [1.165, 1.54) is 4.31 Å². The maximum absolute atomic E-state index is 12.0. The standard InChI is InChI=1S/C18H29N3O4S2/c1-2-26(22,23)20-17-6-4-15(5-7-17)14-19-16-8-10-18(11-9-16)21-12-3-13-27(21,24)25/h8-11,15,17,19-20H,2-7,12-14H2,1H3/t15-,17-. The number of hydrogen-bond acceptors (Lipinski definition) is 5. The Morgan fingerprint density at radius 2 is 1.78 bits per heavy atom. The largest absolute Gasteiger partial charge is 0.385 e. The molecule has 0 unspecified atom stereocenters. The smallest absolute Gasteiger partial charge is 0.235 e. The molecule has 1 aliphatic carbocycles. The van der Waals surface area contributed by atoms with Gasteiger partial charge < -0.3 is 5.32 Å². The van der Waals surface area contributed by atoms with Crippen molar-refractivity contribution < 1.29 is 16.8 Å². The third-order valence-electron chi connectivity index (χ3n) is 5.42. The first-order valence-electron chi connectivity index (χ1n) is 9.63. The highest BCUT2D eigenvalue weighted by Gasteiger charge is 2.28. The number of rotatable bonds is 7. The van der Waals surface area contributed by atoms with Crippen molar-refractivity contribution >= 4 is 31.4 Å². The molecule has 2 N–H and O–H groups in total. The van der Waals surface area contributed by atoms with Crippen LogP contribution in [0.1, 0.15) is 39.0 Å². The van der Waals surface area contributed by atoms with E-state index in [-0.39, 0.29) is 17.5 Å². The molecule has 0 amide bonds. The second kappa shape index (κ2) is 8.36. The zero-order chi connectivity index (χ0) is 19.5. The van der Waals surface area contributed by atoms with Gasteiger partial charge in [-0.05, 0) is 69.2 Å². The fourth-order valence-corrected chi connectivity index (χ4v) is 6.23. The van der Waals surface area contributed by atoms with Gasteiger partial charge in [0.15, 0.2) is 0 Å². The van der Waals surface area contributed by atoms with Crippen LogP contribution in [0.15, 0.2) is 24.3 Å². The summed E-state index contributed by atoms with van der Waals surface area (Å²) in [5.41, 5.74) is 1.70. The van der Waals surface area contributed by atoms with Crippen LogP contribution in [-0.4, -0.2) is 47.5 Å². The van der Waals surface area contributed by atoms with E-state index in [1.807, 2.05) is 24.3 Å². The second-order valence-electron chi connectivity index (χ2n) is 7.41. The van der Waals surface area contributed by atoms with Gasteiger partial charge in [0.1, 0.15) is 0 Å². The van der Waals surface area contributed by atoms with Gasteiger partial charge in [0.2, 0.25) is 20.0 Å². The van der Waals surface area contributed by atoms with Crippen molar-refractivity contribution in [3.8, 4) is 0 Å². The van der Waals surface area contributed by atoms with Crippen molar-refractivity contribution in [1.82, 2.24) is 4.72 Å². The van der Waals surface area contributed by atoms with Gasteiger partial charge in [-0.15, -0.1) is 0 Å². The Hall–Kier alpha value is -1.32. The molecule has 0 atom stereocenters. The van der Waals surface area contributed by atoms with Crippen LogP contribution in [-0.2, 0) is 20.0 Å². The highest BCUT2D eigenvalue weighted by Crippen LogP contribution is 2.27. The van der Waals surface area contributed by atoms with E-state index < -0.39 is 20.0 Å². The monoisotopic (exact) mass is 415 g/mol. The van der Waals surface area contributed by atoms with Crippen LogP contribution >= 0.6 is 0 Å². The van der Waals surface area contributed by atoms with Gasteiger partial charge in [0.05, 0.1) is 17.2 Å². The third kappa shape index (κ3) is 5.36. The zero-order valence-corrected chi connectivity index (χ0v) is 17.4. The molecule has 1 saturated carbocycles. The van der Waals surface area contributed by atoms with Crippen molar-refractivity contribution in [2.45, 2.75) is 45.1 Å². The Morgan fingerprint density at radius 1 is 1.11 bits per heavy atom. The van der Waals surface area contributed by atoms with Crippen molar-refractivity contribution in [2.24, 2.45) is 5.92 Å². The Labute approximate surface area is 162 Å². The van der Waals surface area contributed by atoms with Gasteiger partial charge in [0.25, 0.3) is 0 Å². The van der Waals surface area contributed by atoms with E-state index >= 15 is 0 Å². The lowest BCUT2D eigenvalue weighted by Gasteiger charge is -2.29. The summed E-state index contributed by atoms with van der Waals surface area (Å²) in [6.07, 6.45) is 4.41. The molecule has 1 saturated heterocycles. The topological polar surface area (TPSA) is 95.6 Å². The number of sulfonamides is 2. The van der Waals surface area contributed by atoms with Crippen LogP contribution in [0.5, 0.6) is 0 Å². The second-order valence-corrected chi connectivity index (χ2v) is 11.5. The van der Waals surface area contributed by atoms with Crippen LogP contribution in [0.3, 0.4) is 0 Å². The lowest BCUT2D eigenvalue weighted by Crippen LogP contribution is -2.39. The molecule has 0 spiro atoms. The van der Waals surface area contributed by atoms with E-state index in [1.54, 1.807) is 6.92 Å². The third-order valence-corrected chi connectivity index (χ3v) is 8.74. The van der Waals surface area contributed by atoms with E-state index in [9.17, 15) is 16.8 Å². The summed E-state index contributed by atoms with van der Waals surface area (Å²) in [6, 6.07) is 7.60. The molecule has 9 heteroatoms. The highest BCUT2D eigenvalue weighted by molar-refractivity contribution is 7.93.